The van der Waals surface area contributed by atoms with Gasteiger partial charge in [-0.15, -0.1) is 0 Å². The standard InChI is InChI=1S/C15H24N4O2/c1-11(16)12-4-3-5-13(8-12)18-15(20)17-9-14-10-19(2)6-7-21-14/h3-5,8,11,14H,6-7,9-10,16H2,1-2H3,(H2,17,18,20). The Balaban J connectivity index is 1.80. The number of hydrogen-bond acceptors (Lipinski definition) is 4. The molecule has 4 N–H and O–H groups in total. The highest BCUT2D eigenvalue weighted by Crippen LogP contribution is 2.15. The number of nitrogens with zero attached hydrogens (tertiary/aromatic N) is 1. The largest absolute Gasteiger partial charge is 0.374 e. The van der Waals surface area contributed by atoms with Crippen molar-refractivity contribution in [2.24, 2.45) is 5.73 Å². The molecule has 0 bridgehead atoms. The van der Waals surface area contributed by atoms with Crippen LogP contribution in [0.25, 0.3) is 0 Å². The summed E-state index contributed by atoms with van der Waals surface area (Å²) in [5.74, 6) is 0. The van der Waals surface area contributed by atoms with Crippen molar-refractivity contribution in [1.29, 1.82) is 0 Å². The third kappa shape index (κ3) is 5.00. The normalized spacial score (nSPS) is 20.8. The van der Waals surface area contributed by atoms with Gasteiger partial charge in [0.05, 0.1) is 12.7 Å². The van der Waals surface area contributed by atoms with Crippen molar-refractivity contribution in [2.45, 2.75) is 19.1 Å². The molecule has 2 atom stereocenters. The van der Waals surface area contributed by atoms with Crippen molar-refractivity contribution < 1.29 is 9.53 Å². The Bertz CT molecular complexity index is 478. The van der Waals surface area contributed by atoms with E-state index in [1.165, 1.54) is 0 Å². The average Bonchev–Trinajstić information content (AvgIpc) is 2.45. The van der Waals surface area contributed by atoms with Crippen molar-refractivity contribution in [1.82, 2.24) is 10.2 Å². The summed E-state index contributed by atoms with van der Waals surface area (Å²) in [6, 6.07) is 7.27. The first-order chi connectivity index (χ1) is 10.0. The lowest BCUT2D eigenvalue weighted by molar-refractivity contribution is -0.0166. The number of benzene rings is 1. The number of nitrogens with one attached hydrogen (secondary N) is 2. The van der Waals surface area contributed by atoms with E-state index in [1.54, 1.807) is 0 Å². The lowest BCUT2D eigenvalue weighted by Crippen LogP contribution is -2.46. The van der Waals surface area contributed by atoms with Crippen LogP contribution < -0.4 is 16.4 Å². The molecule has 0 spiro atoms. The van der Waals surface area contributed by atoms with Crippen LogP contribution in [0.5, 0.6) is 0 Å². The molecule has 0 radical (unpaired) electrons. The maximum absolute atomic E-state index is 11.9. The van der Waals surface area contributed by atoms with Crippen LogP contribution in [0.2, 0.25) is 0 Å². The number of anilines is 1. The number of carbonyl (C=O) groups excluding carboxylic acids is 1. The molecule has 1 aromatic carbocycles. The van der Waals surface area contributed by atoms with Gasteiger partial charge in [-0.1, -0.05) is 12.1 Å². The molecule has 1 aliphatic rings. The van der Waals surface area contributed by atoms with E-state index in [0.717, 1.165) is 24.3 Å². The molecule has 1 aliphatic heterocycles. The quantitative estimate of drug-likeness (QED) is 0.778. The van der Waals surface area contributed by atoms with Gasteiger partial charge in [0.2, 0.25) is 0 Å². The molecule has 0 aliphatic carbocycles. The summed E-state index contributed by atoms with van der Waals surface area (Å²) in [5.41, 5.74) is 7.56. The Labute approximate surface area is 125 Å². The van der Waals surface area contributed by atoms with E-state index in [2.05, 4.69) is 22.6 Å². The smallest absolute Gasteiger partial charge is 0.319 e. The highest BCUT2D eigenvalue weighted by atomic mass is 16.5. The van der Waals surface area contributed by atoms with E-state index in [9.17, 15) is 4.79 Å². The fourth-order valence-corrected chi connectivity index (χ4v) is 2.27. The third-order valence-corrected chi connectivity index (χ3v) is 3.50. The van der Waals surface area contributed by atoms with Gasteiger partial charge in [0, 0.05) is 31.4 Å². The van der Waals surface area contributed by atoms with Crippen molar-refractivity contribution >= 4 is 11.7 Å². The first kappa shape index (κ1) is 15.8. The van der Waals surface area contributed by atoms with Crippen LogP contribution in [0.15, 0.2) is 24.3 Å². The Morgan fingerprint density at radius 2 is 2.38 bits per heavy atom. The van der Waals surface area contributed by atoms with Gasteiger partial charge >= 0.3 is 6.03 Å². The minimum Gasteiger partial charge on any atom is -0.374 e. The topological polar surface area (TPSA) is 79.6 Å². The molecule has 2 rings (SSSR count). The first-order valence-corrected chi connectivity index (χ1v) is 7.25. The van der Waals surface area contributed by atoms with Crippen LogP contribution in [0.3, 0.4) is 0 Å². The van der Waals surface area contributed by atoms with E-state index in [0.29, 0.717) is 13.2 Å². The number of rotatable bonds is 4. The maximum Gasteiger partial charge on any atom is 0.319 e. The molecule has 1 heterocycles. The lowest BCUT2D eigenvalue weighted by Gasteiger charge is -2.30. The summed E-state index contributed by atoms with van der Waals surface area (Å²) >= 11 is 0. The van der Waals surface area contributed by atoms with Gasteiger partial charge in [0.15, 0.2) is 0 Å². The molecule has 0 aromatic heterocycles. The number of amides is 2. The SMILES string of the molecule is CC(N)c1cccc(NC(=O)NCC2CN(C)CCO2)c1. The molecule has 0 saturated carbocycles. The molecule has 2 amide bonds. The van der Waals surface area contributed by atoms with E-state index in [-0.39, 0.29) is 18.2 Å². The summed E-state index contributed by atoms with van der Waals surface area (Å²) in [5, 5.41) is 5.65. The first-order valence-electron chi connectivity index (χ1n) is 7.25. The molecular formula is C15H24N4O2. The highest BCUT2D eigenvalue weighted by molar-refractivity contribution is 5.89. The molecular weight excluding hydrogens is 268 g/mol. The number of morpholine rings is 1. The summed E-state index contributed by atoms with van der Waals surface area (Å²) in [6.07, 6.45) is 0.0462. The van der Waals surface area contributed by atoms with E-state index < -0.39 is 0 Å². The molecule has 6 heteroatoms. The van der Waals surface area contributed by atoms with Crippen LogP contribution in [0.1, 0.15) is 18.5 Å². The average molecular weight is 292 g/mol. The Hall–Kier alpha value is -1.63. The summed E-state index contributed by atoms with van der Waals surface area (Å²) in [6.45, 7) is 4.90. The maximum atomic E-state index is 11.9. The van der Waals surface area contributed by atoms with Gasteiger partial charge in [0.1, 0.15) is 0 Å². The number of ether oxygens (including phenoxy) is 1. The Morgan fingerprint density at radius 3 is 3.10 bits per heavy atom. The number of urea groups is 1. The van der Waals surface area contributed by atoms with E-state index in [1.807, 2.05) is 31.2 Å². The number of nitrogens with two attached hydrogens (primary N) is 1. The second kappa shape index (κ2) is 7.40. The summed E-state index contributed by atoms with van der Waals surface area (Å²) in [4.78, 5) is 14.1. The third-order valence-electron chi connectivity index (χ3n) is 3.50. The van der Waals surface area contributed by atoms with E-state index in [4.69, 9.17) is 10.5 Å². The van der Waals surface area contributed by atoms with Crippen LogP contribution >= 0.6 is 0 Å². The van der Waals surface area contributed by atoms with Gasteiger partial charge in [-0.3, -0.25) is 0 Å². The summed E-state index contributed by atoms with van der Waals surface area (Å²) in [7, 11) is 2.05. The minimum atomic E-state index is -0.228. The van der Waals surface area contributed by atoms with Gasteiger partial charge in [-0.05, 0) is 31.7 Å². The highest BCUT2D eigenvalue weighted by Gasteiger charge is 2.18. The number of likely N-dealkylation sites (N-methyl/N-ethyl adjacent to an activating group) is 1. The predicted octanol–water partition coefficient (Wildman–Crippen LogP) is 1.16. The molecule has 1 saturated heterocycles. The second-order valence-electron chi connectivity index (χ2n) is 5.50. The van der Waals surface area contributed by atoms with Gasteiger partial charge in [-0.25, -0.2) is 4.79 Å². The van der Waals surface area contributed by atoms with Crippen molar-refractivity contribution in [2.75, 3.05) is 38.6 Å². The molecule has 2 unspecified atom stereocenters. The second-order valence-corrected chi connectivity index (χ2v) is 5.50. The minimum absolute atomic E-state index is 0.0462. The van der Waals surface area contributed by atoms with Crippen molar-refractivity contribution in [3.8, 4) is 0 Å². The molecule has 6 nitrogen and oxygen atoms in total. The summed E-state index contributed by atoms with van der Waals surface area (Å²) < 4.78 is 5.60. The van der Waals surface area contributed by atoms with Gasteiger partial charge in [-0.2, -0.15) is 0 Å². The zero-order valence-corrected chi connectivity index (χ0v) is 12.6. The fourth-order valence-electron chi connectivity index (χ4n) is 2.27. The lowest BCUT2D eigenvalue weighted by atomic mass is 10.1. The molecule has 116 valence electrons. The van der Waals surface area contributed by atoms with Crippen molar-refractivity contribution in [3.05, 3.63) is 29.8 Å². The van der Waals surface area contributed by atoms with Crippen LogP contribution in [-0.2, 0) is 4.74 Å². The van der Waals surface area contributed by atoms with Gasteiger partial charge < -0.3 is 26.0 Å². The Morgan fingerprint density at radius 1 is 1.57 bits per heavy atom. The zero-order chi connectivity index (χ0) is 15.2. The Kier molecular flexibility index (Phi) is 5.55. The predicted molar refractivity (Wildman–Crippen MR) is 83.3 cm³/mol. The zero-order valence-electron chi connectivity index (χ0n) is 12.6. The van der Waals surface area contributed by atoms with Gasteiger partial charge in [0.25, 0.3) is 0 Å². The molecule has 1 aromatic rings. The molecule has 1 fully saturated rings. The van der Waals surface area contributed by atoms with Crippen LogP contribution in [-0.4, -0.2) is 50.3 Å². The number of hydrogen-bond donors (Lipinski definition) is 3. The number of carbonyl (C=O) groups is 1. The van der Waals surface area contributed by atoms with E-state index >= 15 is 0 Å². The van der Waals surface area contributed by atoms with Crippen LogP contribution in [0, 0.1) is 0 Å². The molecule has 21 heavy (non-hydrogen) atoms. The monoisotopic (exact) mass is 292 g/mol. The van der Waals surface area contributed by atoms with Crippen molar-refractivity contribution in [3.63, 3.8) is 0 Å². The fraction of sp³-hybridized carbons (Fsp3) is 0.533. The van der Waals surface area contributed by atoms with Crippen LogP contribution in [0.4, 0.5) is 10.5 Å².